The molecule has 15 heavy (non-hydrogen) atoms. The van der Waals surface area contributed by atoms with Crippen molar-refractivity contribution in [1.82, 2.24) is 10.3 Å². The van der Waals surface area contributed by atoms with Gasteiger partial charge in [-0.15, -0.1) is 0 Å². The molecule has 0 aromatic heterocycles. The zero-order valence-corrected chi connectivity index (χ0v) is 9.66. The monoisotopic (exact) mass is 207 g/mol. The van der Waals surface area contributed by atoms with Crippen LogP contribution in [0.3, 0.4) is 0 Å². The maximum atomic E-state index is 5.26. The summed E-state index contributed by atoms with van der Waals surface area (Å²) >= 11 is 0. The van der Waals surface area contributed by atoms with Gasteiger partial charge in [-0.3, -0.25) is 16.2 Å². The molecule has 0 bridgehead atoms. The lowest BCUT2D eigenvalue weighted by Crippen LogP contribution is -2.22. The van der Waals surface area contributed by atoms with E-state index in [0.717, 1.165) is 26.2 Å². The summed E-state index contributed by atoms with van der Waals surface area (Å²) in [5, 5.41) is 0. The number of benzene rings is 1. The van der Waals surface area contributed by atoms with Gasteiger partial charge in [0.05, 0.1) is 0 Å². The number of hydrazine groups is 1. The van der Waals surface area contributed by atoms with Crippen LogP contribution in [0, 0.1) is 0 Å². The Labute approximate surface area is 92.2 Å². The number of hydrogen-bond donors (Lipinski definition) is 2. The van der Waals surface area contributed by atoms with E-state index in [-0.39, 0.29) is 0 Å². The fourth-order valence-electron chi connectivity index (χ4n) is 1.59. The Balaban J connectivity index is 2.55. The Morgan fingerprint density at radius 1 is 1.07 bits per heavy atom. The van der Waals surface area contributed by atoms with Gasteiger partial charge >= 0.3 is 0 Å². The van der Waals surface area contributed by atoms with Gasteiger partial charge in [-0.05, 0) is 24.2 Å². The maximum Gasteiger partial charge on any atom is 0.0348 e. The van der Waals surface area contributed by atoms with E-state index in [4.69, 9.17) is 5.84 Å². The van der Waals surface area contributed by atoms with Gasteiger partial charge in [0.1, 0.15) is 0 Å². The van der Waals surface area contributed by atoms with Gasteiger partial charge in [-0.25, -0.2) is 0 Å². The van der Waals surface area contributed by atoms with Gasteiger partial charge in [0.25, 0.3) is 0 Å². The van der Waals surface area contributed by atoms with Crippen molar-refractivity contribution in [1.29, 1.82) is 0 Å². The first-order valence-electron chi connectivity index (χ1n) is 5.53. The lowest BCUT2D eigenvalue weighted by atomic mass is 10.1. The molecule has 1 rings (SSSR count). The highest BCUT2D eigenvalue weighted by molar-refractivity contribution is 5.22. The van der Waals surface area contributed by atoms with Gasteiger partial charge in [0.15, 0.2) is 0 Å². The summed E-state index contributed by atoms with van der Waals surface area (Å²) in [6.45, 7) is 8.34. The summed E-state index contributed by atoms with van der Waals surface area (Å²) in [7, 11) is 0. The molecule has 84 valence electrons. The fraction of sp³-hybridized carbons (Fsp3) is 0.500. The van der Waals surface area contributed by atoms with E-state index in [1.807, 2.05) is 0 Å². The van der Waals surface area contributed by atoms with Crippen LogP contribution < -0.4 is 11.3 Å². The van der Waals surface area contributed by atoms with Crippen molar-refractivity contribution < 1.29 is 0 Å². The van der Waals surface area contributed by atoms with Crippen molar-refractivity contribution in [3.05, 3.63) is 35.4 Å². The Bertz CT molecular complexity index is 265. The van der Waals surface area contributed by atoms with Crippen molar-refractivity contribution in [2.24, 2.45) is 5.84 Å². The topological polar surface area (TPSA) is 41.3 Å². The molecule has 1 aromatic carbocycles. The van der Waals surface area contributed by atoms with Gasteiger partial charge in [-0.2, -0.15) is 0 Å². The molecule has 3 nitrogen and oxygen atoms in total. The Morgan fingerprint density at radius 3 is 2.07 bits per heavy atom. The van der Waals surface area contributed by atoms with E-state index < -0.39 is 0 Å². The molecular weight excluding hydrogens is 186 g/mol. The van der Waals surface area contributed by atoms with Crippen LogP contribution in [0.5, 0.6) is 0 Å². The fourth-order valence-corrected chi connectivity index (χ4v) is 1.59. The average molecular weight is 207 g/mol. The smallest absolute Gasteiger partial charge is 0.0348 e. The van der Waals surface area contributed by atoms with Crippen LogP contribution in [0.2, 0.25) is 0 Å². The van der Waals surface area contributed by atoms with Crippen molar-refractivity contribution in [3.63, 3.8) is 0 Å². The number of nitrogens with two attached hydrogens (primary N) is 1. The zero-order chi connectivity index (χ0) is 11.1. The first-order chi connectivity index (χ1) is 7.30. The highest BCUT2D eigenvalue weighted by atomic mass is 15.2. The van der Waals surface area contributed by atoms with E-state index in [9.17, 15) is 0 Å². The molecule has 0 amide bonds. The number of nitrogens with one attached hydrogen (secondary N) is 1. The van der Waals surface area contributed by atoms with Crippen LogP contribution in [0.4, 0.5) is 0 Å². The van der Waals surface area contributed by atoms with Crippen molar-refractivity contribution in [2.75, 3.05) is 13.1 Å². The second kappa shape index (κ2) is 6.56. The molecule has 0 heterocycles. The third-order valence-corrected chi connectivity index (χ3v) is 2.63. The van der Waals surface area contributed by atoms with Crippen LogP contribution in [-0.2, 0) is 13.1 Å². The van der Waals surface area contributed by atoms with Crippen molar-refractivity contribution in [3.8, 4) is 0 Å². The highest BCUT2D eigenvalue weighted by Gasteiger charge is 2.00. The summed E-state index contributed by atoms with van der Waals surface area (Å²) in [6.07, 6.45) is 0. The third-order valence-electron chi connectivity index (χ3n) is 2.63. The summed E-state index contributed by atoms with van der Waals surface area (Å²) in [4.78, 5) is 2.40. The van der Waals surface area contributed by atoms with E-state index in [0.29, 0.717) is 0 Å². The largest absolute Gasteiger partial charge is 0.300 e. The second-order valence-corrected chi connectivity index (χ2v) is 3.66. The summed E-state index contributed by atoms with van der Waals surface area (Å²) in [5.74, 6) is 5.26. The molecule has 3 heteroatoms. The second-order valence-electron chi connectivity index (χ2n) is 3.66. The molecule has 0 saturated carbocycles. The van der Waals surface area contributed by atoms with Gasteiger partial charge in [0.2, 0.25) is 0 Å². The molecule has 0 aliphatic carbocycles. The van der Waals surface area contributed by atoms with Gasteiger partial charge < -0.3 is 0 Å². The predicted octanol–water partition coefficient (Wildman–Crippen LogP) is 1.49. The molecule has 0 radical (unpaired) electrons. The predicted molar refractivity (Wildman–Crippen MR) is 64.1 cm³/mol. The summed E-state index contributed by atoms with van der Waals surface area (Å²) in [6, 6.07) is 8.59. The molecule has 1 aromatic rings. The lowest BCUT2D eigenvalue weighted by molar-refractivity contribution is 0.296. The normalized spacial score (nSPS) is 10.9. The zero-order valence-electron chi connectivity index (χ0n) is 9.66. The number of rotatable bonds is 6. The minimum atomic E-state index is 0.728. The van der Waals surface area contributed by atoms with Crippen LogP contribution in [-0.4, -0.2) is 18.0 Å². The third kappa shape index (κ3) is 4.00. The first kappa shape index (κ1) is 12.2. The van der Waals surface area contributed by atoms with E-state index in [1.165, 1.54) is 11.1 Å². The van der Waals surface area contributed by atoms with Gasteiger partial charge in [0, 0.05) is 13.1 Å². The minimum Gasteiger partial charge on any atom is -0.300 e. The molecular formula is C12H21N3. The molecule has 0 atom stereocenters. The lowest BCUT2D eigenvalue weighted by Gasteiger charge is -2.18. The Kier molecular flexibility index (Phi) is 5.32. The SMILES string of the molecule is CCN(CC)Cc1ccc(CNN)cc1. The van der Waals surface area contributed by atoms with Crippen molar-refractivity contribution in [2.45, 2.75) is 26.9 Å². The standard InChI is InChI=1S/C12H21N3/c1-3-15(4-2)10-12-7-5-11(6-8-12)9-14-13/h5-8,14H,3-4,9-10,13H2,1-2H3. The van der Waals surface area contributed by atoms with E-state index >= 15 is 0 Å². The Hall–Kier alpha value is -0.900. The van der Waals surface area contributed by atoms with Gasteiger partial charge in [-0.1, -0.05) is 38.1 Å². The quantitative estimate of drug-likeness (QED) is 0.548. The van der Waals surface area contributed by atoms with E-state index in [1.54, 1.807) is 0 Å². The van der Waals surface area contributed by atoms with Crippen LogP contribution in [0.25, 0.3) is 0 Å². The molecule has 0 spiro atoms. The van der Waals surface area contributed by atoms with Crippen LogP contribution >= 0.6 is 0 Å². The number of hydrogen-bond acceptors (Lipinski definition) is 3. The van der Waals surface area contributed by atoms with E-state index in [2.05, 4.69) is 48.4 Å². The van der Waals surface area contributed by atoms with Crippen LogP contribution in [0.1, 0.15) is 25.0 Å². The molecule has 0 aliphatic rings. The molecule has 0 saturated heterocycles. The molecule has 0 fully saturated rings. The molecule has 3 N–H and O–H groups in total. The highest BCUT2D eigenvalue weighted by Crippen LogP contribution is 2.07. The summed E-state index contributed by atoms with van der Waals surface area (Å²) in [5.41, 5.74) is 5.24. The van der Waals surface area contributed by atoms with Crippen LogP contribution in [0.15, 0.2) is 24.3 Å². The number of nitrogens with zero attached hydrogens (tertiary/aromatic N) is 1. The molecule has 0 unspecified atom stereocenters. The first-order valence-corrected chi connectivity index (χ1v) is 5.53. The average Bonchev–Trinajstić information content (AvgIpc) is 2.28. The van der Waals surface area contributed by atoms with Crippen molar-refractivity contribution >= 4 is 0 Å². The minimum absolute atomic E-state index is 0.728. The molecule has 0 aliphatic heterocycles. The summed E-state index contributed by atoms with van der Waals surface area (Å²) < 4.78 is 0. The Morgan fingerprint density at radius 2 is 1.60 bits per heavy atom. The maximum absolute atomic E-state index is 5.26.